The molecule has 2 aliphatic rings. The molecule has 194 valence electrons. The number of rotatable bonds is 3. The molecule has 2 aliphatic carbocycles. The van der Waals surface area contributed by atoms with Crippen LogP contribution in [-0.4, -0.2) is 31.8 Å². The highest BCUT2D eigenvalue weighted by atomic mass is 35.5. The summed E-state index contributed by atoms with van der Waals surface area (Å²) in [6, 6.07) is 4.27. The monoisotopic (exact) mass is 550 g/mol. The van der Waals surface area contributed by atoms with E-state index in [4.69, 9.17) is 5.73 Å². The third kappa shape index (κ3) is 3.81. The number of nitrogens with two attached hydrogens (primary N) is 1. The molecular weight excluding hydrogens is 532 g/mol. The second kappa shape index (κ2) is 8.55. The largest absolute Gasteiger partial charge is 0.437 e. The van der Waals surface area contributed by atoms with E-state index in [-0.39, 0.29) is 60.3 Å². The molecule has 35 heavy (non-hydrogen) atoms. The van der Waals surface area contributed by atoms with Crippen molar-refractivity contribution in [2.75, 3.05) is 0 Å². The van der Waals surface area contributed by atoms with Gasteiger partial charge in [-0.1, -0.05) is 6.07 Å². The highest BCUT2D eigenvalue weighted by Gasteiger charge is 2.75. The van der Waals surface area contributed by atoms with Crippen LogP contribution >= 0.6 is 12.4 Å². The average Bonchev–Trinajstić information content (AvgIpc) is 3.10. The first-order chi connectivity index (χ1) is 15.6. The Balaban J connectivity index is 0.00000342. The Hall–Kier alpha value is -1.99. The molecule has 0 amide bonds. The normalized spacial score (nSPS) is 24.9. The van der Waals surface area contributed by atoms with E-state index >= 15 is 0 Å². The van der Waals surface area contributed by atoms with Gasteiger partial charge in [0.2, 0.25) is 0 Å². The number of pyridine rings is 1. The van der Waals surface area contributed by atoms with Gasteiger partial charge in [-0.15, -0.1) is 12.4 Å². The number of aryl methyl sites for hydroxylation is 1. The van der Waals surface area contributed by atoms with Crippen LogP contribution in [0.3, 0.4) is 0 Å². The topological polar surface area (TPSA) is 73.1 Å². The van der Waals surface area contributed by atoms with Gasteiger partial charge in [-0.05, 0) is 67.5 Å². The molecule has 2 aromatic rings. The lowest BCUT2D eigenvalue weighted by molar-refractivity contribution is -0.350. The van der Waals surface area contributed by atoms with Gasteiger partial charge in [-0.3, -0.25) is 4.98 Å². The number of nitrogens with zero attached hydrogens (tertiary/aromatic N) is 1. The number of halogens is 9. The van der Waals surface area contributed by atoms with Crippen molar-refractivity contribution in [3.63, 3.8) is 0 Å². The number of aromatic nitrogens is 1. The molecule has 14 heteroatoms. The third-order valence-electron chi connectivity index (χ3n) is 6.82. The number of alkyl halides is 7. The summed E-state index contributed by atoms with van der Waals surface area (Å²) in [5.74, 6) is -1.42. The molecule has 0 spiro atoms. The van der Waals surface area contributed by atoms with Crippen LogP contribution in [0.25, 0.3) is 0 Å². The lowest BCUT2D eigenvalue weighted by Gasteiger charge is -2.41. The van der Waals surface area contributed by atoms with Crippen molar-refractivity contribution in [2.24, 2.45) is 11.7 Å². The van der Waals surface area contributed by atoms with Crippen LogP contribution < -0.4 is 5.73 Å². The van der Waals surface area contributed by atoms with Gasteiger partial charge >= 0.3 is 18.0 Å². The molecule has 0 radical (unpaired) electrons. The van der Waals surface area contributed by atoms with E-state index in [1.54, 1.807) is 0 Å². The van der Waals surface area contributed by atoms with E-state index in [2.05, 4.69) is 4.98 Å². The minimum atomic E-state index is -6.35. The Morgan fingerprint density at radius 1 is 0.914 bits per heavy atom. The van der Waals surface area contributed by atoms with Crippen LogP contribution in [-0.2, 0) is 26.7 Å². The first-order valence-electron chi connectivity index (χ1n) is 10.2. The first-order valence-corrected chi connectivity index (χ1v) is 11.6. The van der Waals surface area contributed by atoms with E-state index in [1.165, 1.54) is 0 Å². The standard InChI is InChI=1S/C21H18F8N2O2S.ClH/c22-11-1-3-12(4-2-11)34(32,33)18-10-9-15(30)13(18)5-7-16-14(18)6-8-17(31-16)19(23,20(24,25)26)21(27,28)29;/h1-4,6,8,13,15H,5,7,9-10,30H2;1H/t13-,15+,18-;/m0./s1. The van der Waals surface area contributed by atoms with Crippen LogP contribution in [0.2, 0.25) is 0 Å². The molecule has 1 heterocycles. The predicted molar refractivity (Wildman–Crippen MR) is 111 cm³/mol. The highest BCUT2D eigenvalue weighted by molar-refractivity contribution is 7.92. The SMILES string of the molecule is Cl.N[C@@H]1CC[C@@]2(S(=O)(=O)c3ccc(F)cc3)c3ccc(C(F)(C(F)(F)F)C(F)(F)F)nc3CC[C@@H]12. The molecule has 1 aromatic carbocycles. The van der Waals surface area contributed by atoms with Gasteiger partial charge in [0, 0.05) is 11.7 Å². The maximum Gasteiger partial charge on any atom is 0.437 e. The van der Waals surface area contributed by atoms with Gasteiger partial charge < -0.3 is 5.73 Å². The Labute approximate surface area is 201 Å². The van der Waals surface area contributed by atoms with Crippen molar-refractivity contribution in [1.82, 2.24) is 4.98 Å². The lowest BCUT2D eigenvalue weighted by atomic mass is 9.76. The van der Waals surface area contributed by atoms with Gasteiger partial charge in [-0.25, -0.2) is 17.2 Å². The highest BCUT2D eigenvalue weighted by Crippen LogP contribution is 2.58. The first kappa shape index (κ1) is 27.6. The zero-order chi connectivity index (χ0) is 25.3. The molecule has 0 bridgehead atoms. The summed E-state index contributed by atoms with van der Waals surface area (Å²) in [5.41, 5.74) is -1.99. The number of hydrogen-bond acceptors (Lipinski definition) is 4. The number of sulfone groups is 1. The molecule has 2 N–H and O–H groups in total. The quantitative estimate of drug-likeness (QED) is 0.417. The fourth-order valence-electron chi connectivity index (χ4n) is 5.21. The summed E-state index contributed by atoms with van der Waals surface area (Å²) >= 11 is 0. The zero-order valence-corrected chi connectivity index (χ0v) is 19.3. The number of hydrogen-bond donors (Lipinski definition) is 1. The fraction of sp³-hybridized carbons (Fsp3) is 0.476. The Morgan fingerprint density at radius 3 is 2.03 bits per heavy atom. The molecule has 1 saturated carbocycles. The van der Waals surface area contributed by atoms with Gasteiger partial charge in [0.1, 0.15) is 10.6 Å². The minimum absolute atomic E-state index is 0. The van der Waals surface area contributed by atoms with Crippen molar-refractivity contribution in [3.05, 3.63) is 59.2 Å². The van der Waals surface area contributed by atoms with E-state index in [9.17, 15) is 43.5 Å². The van der Waals surface area contributed by atoms with Gasteiger partial charge in [0.25, 0.3) is 0 Å². The number of benzene rings is 1. The predicted octanol–water partition coefficient (Wildman–Crippen LogP) is 5.28. The van der Waals surface area contributed by atoms with E-state index < -0.39 is 56.1 Å². The average molecular weight is 551 g/mol. The maximum atomic E-state index is 14.6. The van der Waals surface area contributed by atoms with Crippen molar-refractivity contribution < 1.29 is 43.5 Å². The van der Waals surface area contributed by atoms with Crippen molar-refractivity contribution in [2.45, 2.75) is 59.4 Å². The molecule has 4 rings (SSSR count). The van der Waals surface area contributed by atoms with Gasteiger partial charge in [0.15, 0.2) is 9.84 Å². The summed E-state index contributed by atoms with van der Waals surface area (Å²) in [4.78, 5) is 3.11. The van der Waals surface area contributed by atoms with E-state index in [1.807, 2.05) is 0 Å². The summed E-state index contributed by atoms with van der Waals surface area (Å²) in [6.45, 7) is 0. The van der Waals surface area contributed by atoms with Crippen molar-refractivity contribution in [1.29, 1.82) is 0 Å². The van der Waals surface area contributed by atoms with E-state index in [0.717, 1.165) is 30.3 Å². The molecule has 1 aromatic heterocycles. The number of fused-ring (bicyclic) bond motifs is 3. The summed E-state index contributed by atoms with van der Waals surface area (Å²) < 4.78 is 133. The fourth-order valence-corrected chi connectivity index (χ4v) is 7.68. The van der Waals surface area contributed by atoms with Crippen LogP contribution in [0.1, 0.15) is 36.2 Å². The minimum Gasteiger partial charge on any atom is -0.327 e. The van der Waals surface area contributed by atoms with Crippen LogP contribution in [0.5, 0.6) is 0 Å². The summed E-state index contributed by atoms with van der Waals surface area (Å²) in [6.07, 6.45) is -12.7. The van der Waals surface area contributed by atoms with Crippen molar-refractivity contribution >= 4 is 22.2 Å². The van der Waals surface area contributed by atoms with Crippen LogP contribution in [0, 0.1) is 11.7 Å². The summed E-state index contributed by atoms with van der Waals surface area (Å²) in [5, 5.41) is 0. The Bertz CT molecular complexity index is 1200. The van der Waals surface area contributed by atoms with Gasteiger partial charge in [-0.2, -0.15) is 26.3 Å². The Morgan fingerprint density at radius 2 is 1.49 bits per heavy atom. The van der Waals surface area contributed by atoms with Crippen LogP contribution in [0.4, 0.5) is 35.1 Å². The second-order valence-electron chi connectivity index (χ2n) is 8.54. The zero-order valence-electron chi connectivity index (χ0n) is 17.6. The molecular formula is C21H19ClF8N2O2S. The molecule has 0 unspecified atom stereocenters. The lowest BCUT2D eigenvalue weighted by Crippen LogP contribution is -2.51. The second-order valence-corrected chi connectivity index (χ2v) is 10.7. The molecule has 3 atom stereocenters. The molecule has 0 saturated heterocycles. The molecule has 0 aliphatic heterocycles. The Kier molecular flexibility index (Phi) is 6.74. The molecule has 1 fully saturated rings. The molecule has 4 nitrogen and oxygen atoms in total. The van der Waals surface area contributed by atoms with Gasteiger partial charge in [0.05, 0.1) is 10.6 Å². The maximum absolute atomic E-state index is 14.6. The van der Waals surface area contributed by atoms with E-state index in [0.29, 0.717) is 0 Å². The van der Waals surface area contributed by atoms with Crippen molar-refractivity contribution in [3.8, 4) is 0 Å². The smallest absolute Gasteiger partial charge is 0.327 e. The van der Waals surface area contributed by atoms with Crippen LogP contribution in [0.15, 0.2) is 41.3 Å². The third-order valence-corrected chi connectivity index (χ3v) is 9.40. The summed E-state index contributed by atoms with van der Waals surface area (Å²) in [7, 11) is -4.35.